The average Bonchev–Trinajstić information content (AvgIpc) is 3.97. The smallest absolute Gasteiger partial charge is 0.164 e. The standard InChI is InChI=1S/C52H29N5OS/c53-30-31-9-8-12-35(25-31)51-54-50(32-10-2-1-3-11-32)55-52(56-51)36-18-22-41-43-26-33(19-24-48(43)59-49(41)28-36)34-17-21-40-42-29-37(20-23-46(42)58-47(40)27-34)57-44-15-6-4-13-38(44)39-14-5-7-16-45(39)57/h1-29H. The zero-order valence-electron chi connectivity index (χ0n) is 31.3. The lowest BCUT2D eigenvalue weighted by Crippen LogP contribution is -2.00. The fourth-order valence-electron chi connectivity index (χ4n) is 8.46. The molecule has 59 heavy (non-hydrogen) atoms. The van der Waals surface area contributed by atoms with Gasteiger partial charge in [0.15, 0.2) is 17.5 Å². The maximum atomic E-state index is 9.56. The third kappa shape index (κ3) is 5.43. The summed E-state index contributed by atoms with van der Waals surface area (Å²) in [7, 11) is 0. The van der Waals surface area contributed by atoms with Gasteiger partial charge >= 0.3 is 0 Å². The van der Waals surface area contributed by atoms with E-state index in [9.17, 15) is 5.26 Å². The molecule has 0 aliphatic rings. The van der Waals surface area contributed by atoms with Crippen molar-refractivity contribution >= 4 is 75.3 Å². The van der Waals surface area contributed by atoms with Crippen molar-refractivity contribution in [3.8, 4) is 57.0 Å². The summed E-state index contributed by atoms with van der Waals surface area (Å²) in [5.41, 5.74) is 10.6. The highest BCUT2D eigenvalue weighted by molar-refractivity contribution is 7.25. The van der Waals surface area contributed by atoms with Crippen LogP contribution in [0, 0.1) is 11.3 Å². The summed E-state index contributed by atoms with van der Waals surface area (Å²) in [5, 5.41) is 16.6. The molecule has 0 unspecified atom stereocenters. The molecule has 6 nitrogen and oxygen atoms in total. The molecule has 0 amide bonds. The summed E-state index contributed by atoms with van der Waals surface area (Å²) >= 11 is 1.76. The van der Waals surface area contributed by atoms with Crippen molar-refractivity contribution in [2.24, 2.45) is 0 Å². The third-order valence-corrected chi connectivity index (χ3v) is 12.4. The zero-order chi connectivity index (χ0) is 39.0. The van der Waals surface area contributed by atoms with Crippen LogP contribution in [0.3, 0.4) is 0 Å². The molecule has 7 heteroatoms. The van der Waals surface area contributed by atoms with Crippen LogP contribution in [-0.4, -0.2) is 19.5 Å². The van der Waals surface area contributed by atoms with Gasteiger partial charge in [0, 0.05) is 64.1 Å². The molecule has 0 N–H and O–H groups in total. The number of aromatic nitrogens is 4. The SMILES string of the molecule is N#Cc1cccc(-c2nc(-c3ccccc3)nc(-c3ccc4c(c3)sc3ccc(-c5ccc6c(c5)oc5ccc(-n7c8ccccc8c8ccccc87)cc56)cc34)n2)c1. The topological polar surface area (TPSA) is 80.5 Å². The van der Waals surface area contributed by atoms with E-state index in [2.05, 4.69) is 132 Å². The second kappa shape index (κ2) is 13.1. The van der Waals surface area contributed by atoms with Crippen molar-refractivity contribution in [1.82, 2.24) is 19.5 Å². The highest BCUT2D eigenvalue weighted by Crippen LogP contribution is 2.40. The van der Waals surface area contributed by atoms with Gasteiger partial charge in [-0.05, 0) is 83.9 Å². The van der Waals surface area contributed by atoms with Crippen molar-refractivity contribution in [2.45, 2.75) is 0 Å². The molecule has 0 atom stereocenters. The predicted octanol–water partition coefficient (Wildman–Crippen LogP) is 13.8. The number of hydrogen-bond acceptors (Lipinski definition) is 6. The Morgan fingerprint density at radius 3 is 1.85 bits per heavy atom. The number of nitriles is 1. The molecule has 12 aromatic rings. The maximum Gasteiger partial charge on any atom is 0.164 e. The molecule has 4 heterocycles. The van der Waals surface area contributed by atoms with E-state index in [1.807, 2.05) is 48.5 Å². The third-order valence-electron chi connectivity index (χ3n) is 11.3. The lowest BCUT2D eigenvalue weighted by atomic mass is 10.0. The predicted molar refractivity (Wildman–Crippen MR) is 241 cm³/mol. The van der Waals surface area contributed by atoms with Crippen molar-refractivity contribution < 1.29 is 4.42 Å². The van der Waals surface area contributed by atoms with Gasteiger partial charge in [-0.2, -0.15) is 5.26 Å². The minimum atomic E-state index is 0.525. The minimum Gasteiger partial charge on any atom is -0.456 e. The molecular formula is C52H29N5OS. The highest BCUT2D eigenvalue weighted by Gasteiger charge is 2.17. The van der Waals surface area contributed by atoms with Gasteiger partial charge in [0.25, 0.3) is 0 Å². The number of thiophene rings is 1. The fourth-order valence-corrected chi connectivity index (χ4v) is 9.58. The number of benzene rings is 8. The quantitative estimate of drug-likeness (QED) is 0.174. The lowest BCUT2D eigenvalue weighted by Gasteiger charge is -2.09. The van der Waals surface area contributed by atoms with Gasteiger partial charge in [-0.15, -0.1) is 11.3 Å². The van der Waals surface area contributed by atoms with Gasteiger partial charge in [0.2, 0.25) is 0 Å². The van der Waals surface area contributed by atoms with Crippen LogP contribution in [-0.2, 0) is 0 Å². The Balaban J connectivity index is 0.921. The van der Waals surface area contributed by atoms with Gasteiger partial charge in [-0.25, -0.2) is 15.0 Å². The van der Waals surface area contributed by atoms with E-state index < -0.39 is 0 Å². The Morgan fingerprint density at radius 1 is 0.424 bits per heavy atom. The van der Waals surface area contributed by atoms with Crippen molar-refractivity contribution in [1.29, 1.82) is 5.26 Å². The molecule has 274 valence electrons. The van der Waals surface area contributed by atoms with Crippen LogP contribution in [0.25, 0.3) is 115 Å². The zero-order valence-corrected chi connectivity index (χ0v) is 32.1. The van der Waals surface area contributed by atoms with E-state index in [0.717, 1.165) is 60.1 Å². The highest BCUT2D eigenvalue weighted by atomic mass is 32.1. The van der Waals surface area contributed by atoms with Gasteiger partial charge in [-0.3, -0.25) is 0 Å². The lowest BCUT2D eigenvalue weighted by molar-refractivity contribution is 0.669. The summed E-state index contributed by atoms with van der Waals surface area (Å²) in [4.78, 5) is 14.7. The number of furan rings is 1. The van der Waals surface area contributed by atoms with Crippen LogP contribution >= 0.6 is 11.3 Å². The summed E-state index contributed by atoms with van der Waals surface area (Å²) in [6.07, 6.45) is 0. The second-order valence-electron chi connectivity index (χ2n) is 14.8. The Morgan fingerprint density at radius 2 is 1.07 bits per heavy atom. The van der Waals surface area contributed by atoms with Crippen LogP contribution in [0.1, 0.15) is 5.56 Å². The van der Waals surface area contributed by atoms with Crippen molar-refractivity contribution in [3.05, 3.63) is 181 Å². The minimum absolute atomic E-state index is 0.525. The largest absolute Gasteiger partial charge is 0.456 e. The van der Waals surface area contributed by atoms with Crippen LogP contribution < -0.4 is 0 Å². The Labute approximate surface area is 341 Å². The maximum absolute atomic E-state index is 9.56. The van der Waals surface area contributed by atoms with Gasteiger partial charge in [0.1, 0.15) is 11.2 Å². The Kier molecular flexibility index (Phi) is 7.36. The first kappa shape index (κ1) is 33.2. The monoisotopic (exact) mass is 771 g/mol. The van der Waals surface area contributed by atoms with Gasteiger partial charge in [0.05, 0.1) is 22.7 Å². The number of nitrogens with zero attached hydrogens (tertiary/aromatic N) is 5. The number of hydrogen-bond donors (Lipinski definition) is 0. The molecule has 4 aromatic heterocycles. The first-order chi connectivity index (χ1) is 29.1. The number of rotatable bonds is 5. The van der Waals surface area contributed by atoms with E-state index >= 15 is 0 Å². The average molecular weight is 772 g/mol. The molecule has 0 spiro atoms. The molecular weight excluding hydrogens is 743 g/mol. The fraction of sp³-hybridized carbons (Fsp3) is 0. The normalized spacial score (nSPS) is 11.7. The first-order valence-electron chi connectivity index (χ1n) is 19.4. The molecule has 0 aliphatic heterocycles. The molecule has 0 fully saturated rings. The summed E-state index contributed by atoms with van der Waals surface area (Å²) < 4.78 is 11.2. The van der Waals surface area contributed by atoms with Crippen LogP contribution in [0.5, 0.6) is 0 Å². The summed E-state index contributed by atoms with van der Waals surface area (Å²) in [6, 6.07) is 62.9. The first-order valence-corrected chi connectivity index (χ1v) is 20.2. The van der Waals surface area contributed by atoms with Gasteiger partial charge in [-0.1, -0.05) is 103 Å². The second-order valence-corrected chi connectivity index (χ2v) is 15.8. The summed E-state index contributed by atoms with van der Waals surface area (Å²) in [5.74, 6) is 1.69. The van der Waals surface area contributed by atoms with E-state index in [4.69, 9.17) is 19.4 Å². The van der Waals surface area contributed by atoms with Crippen molar-refractivity contribution in [2.75, 3.05) is 0 Å². The molecule has 0 saturated carbocycles. The summed E-state index contributed by atoms with van der Waals surface area (Å²) in [6.45, 7) is 0. The molecule has 12 rings (SSSR count). The Bertz CT molecular complexity index is 3650. The molecule has 8 aromatic carbocycles. The molecule has 0 aliphatic carbocycles. The van der Waals surface area contributed by atoms with Crippen LogP contribution in [0.4, 0.5) is 0 Å². The number of para-hydroxylation sites is 2. The Hall–Kier alpha value is -7.92. The van der Waals surface area contributed by atoms with E-state index in [1.165, 1.54) is 37.3 Å². The molecule has 0 bridgehead atoms. The van der Waals surface area contributed by atoms with Crippen molar-refractivity contribution in [3.63, 3.8) is 0 Å². The molecule has 0 radical (unpaired) electrons. The van der Waals surface area contributed by atoms with E-state index in [0.29, 0.717) is 23.0 Å². The molecule has 0 saturated heterocycles. The van der Waals surface area contributed by atoms with E-state index in [-0.39, 0.29) is 0 Å². The van der Waals surface area contributed by atoms with Crippen LogP contribution in [0.2, 0.25) is 0 Å². The number of fused-ring (bicyclic) bond motifs is 9. The van der Waals surface area contributed by atoms with Crippen LogP contribution in [0.15, 0.2) is 180 Å². The van der Waals surface area contributed by atoms with E-state index in [1.54, 1.807) is 17.4 Å². The van der Waals surface area contributed by atoms with Gasteiger partial charge < -0.3 is 8.98 Å².